The van der Waals surface area contributed by atoms with E-state index in [0.29, 0.717) is 6.42 Å². The third-order valence-corrected chi connectivity index (χ3v) is 5.21. The Bertz CT molecular complexity index is 967. The molecule has 3 aromatic rings. The number of anilines is 1. The number of para-hydroxylation sites is 1. The topological polar surface area (TPSA) is 58.6 Å². The lowest BCUT2D eigenvalue weighted by Crippen LogP contribution is -2.48. The molecule has 0 unspecified atom stereocenters. The Morgan fingerprint density at radius 3 is 2.71 bits per heavy atom. The monoisotopic (exact) mass is 376 g/mol. The first kappa shape index (κ1) is 18.2. The van der Waals surface area contributed by atoms with Gasteiger partial charge in [0.25, 0.3) is 0 Å². The van der Waals surface area contributed by atoms with E-state index in [0.717, 1.165) is 60.5 Å². The van der Waals surface area contributed by atoms with Gasteiger partial charge >= 0.3 is 0 Å². The van der Waals surface area contributed by atoms with E-state index < -0.39 is 0 Å². The molecule has 0 bridgehead atoms. The van der Waals surface area contributed by atoms with Gasteiger partial charge in [-0.25, -0.2) is 0 Å². The molecule has 2 aromatic heterocycles. The van der Waals surface area contributed by atoms with Crippen molar-refractivity contribution in [2.75, 3.05) is 38.2 Å². The van der Waals surface area contributed by atoms with Gasteiger partial charge < -0.3 is 14.5 Å². The molecule has 0 radical (unpaired) electrons. The average molecular weight is 376 g/mol. The van der Waals surface area contributed by atoms with Crippen LogP contribution in [0.2, 0.25) is 0 Å². The number of benzene rings is 1. The quantitative estimate of drug-likeness (QED) is 0.685. The van der Waals surface area contributed by atoms with E-state index in [1.54, 1.807) is 13.3 Å². The van der Waals surface area contributed by atoms with Crippen molar-refractivity contribution >= 4 is 22.5 Å². The highest BCUT2D eigenvalue weighted by atomic mass is 16.5. The van der Waals surface area contributed by atoms with Gasteiger partial charge in [0.2, 0.25) is 5.91 Å². The lowest BCUT2D eigenvalue weighted by atomic mass is 10.1. The average Bonchev–Trinajstić information content (AvgIpc) is 2.77. The van der Waals surface area contributed by atoms with Crippen molar-refractivity contribution in [2.24, 2.45) is 0 Å². The van der Waals surface area contributed by atoms with E-state index in [9.17, 15) is 4.79 Å². The number of fused-ring (bicyclic) bond motifs is 1. The summed E-state index contributed by atoms with van der Waals surface area (Å²) in [5.74, 6) is 0.955. The lowest BCUT2D eigenvalue weighted by Gasteiger charge is -2.36. The largest absolute Gasteiger partial charge is 0.495 e. The number of pyridine rings is 2. The molecule has 6 heteroatoms. The van der Waals surface area contributed by atoms with E-state index in [1.165, 1.54) is 0 Å². The van der Waals surface area contributed by atoms with Gasteiger partial charge in [0.15, 0.2) is 0 Å². The van der Waals surface area contributed by atoms with Crippen LogP contribution in [0.3, 0.4) is 0 Å². The number of rotatable bonds is 5. The summed E-state index contributed by atoms with van der Waals surface area (Å²) < 4.78 is 5.25. The number of ether oxygens (including phenoxy) is 1. The molecule has 1 aliphatic rings. The number of piperazine rings is 1. The molecule has 0 atom stereocenters. The highest BCUT2D eigenvalue weighted by Gasteiger charge is 2.21. The number of amides is 1. The Balaban J connectivity index is 1.31. The molecular weight excluding hydrogens is 352 g/mol. The summed E-state index contributed by atoms with van der Waals surface area (Å²) in [7, 11) is 1.64. The van der Waals surface area contributed by atoms with E-state index in [-0.39, 0.29) is 5.91 Å². The van der Waals surface area contributed by atoms with E-state index >= 15 is 0 Å². The summed E-state index contributed by atoms with van der Waals surface area (Å²) in [4.78, 5) is 25.5. The predicted molar refractivity (Wildman–Crippen MR) is 110 cm³/mol. The molecule has 1 aliphatic heterocycles. The molecule has 0 saturated carbocycles. The SMILES string of the molecule is COc1cncc(N2CCN(C(=O)CCc3cnc4ccccc4c3)CC2)c1. The molecule has 0 N–H and O–H groups in total. The lowest BCUT2D eigenvalue weighted by molar-refractivity contribution is -0.131. The molecular formula is C22H24N4O2. The van der Waals surface area contributed by atoms with Gasteiger partial charge in [0.05, 0.1) is 30.7 Å². The summed E-state index contributed by atoms with van der Waals surface area (Å²) in [6, 6.07) is 12.2. The van der Waals surface area contributed by atoms with Crippen LogP contribution in [0.15, 0.2) is 55.0 Å². The Hall–Kier alpha value is -3.15. The van der Waals surface area contributed by atoms with Crippen molar-refractivity contribution in [1.82, 2.24) is 14.9 Å². The number of carbonyl (C=O) groups is 1. The summed E-state index contributed by atoms with van der Waals surface area (Å²) in [5.41, 5.74) is 3.13. The number of hydrogen-bond donors (Lipinski definition) is 0. The second kappa shape index (κ2) is 8.25. The standard InChI is InChI=1S/C22H24N4O2/c1-28-20-13-19(15-23-16-20)25-8-10-26(11-9-25)22(27)7-6-17-12-18-4-2-3-5-21(18)24-14-17/h2-5,12-16H,6-11H2,1H3. The molecule has 28 heavy (non-hydrogen) atoms. The summed E-state index contributed by atoms with van der Waals surface area (Å²) in [6.07, 6.45) is 6.65. The van der Waals surface area contributed by atoms with Crippen LogP contribution in [0.25, 0.3) is 10.9 Å². The van der Waals surface area contributed by atoms with Crippen LogP contribution in [-0.2, 0) is 11.2 Å². The first-order valence-electron chi connectivity index (χ1n) is 9.58. The summed E-state index contributed by atoms with van der Waals surface area (Å²) in [6.45, 7) is 3.06. The van der Waals surface area contributed by atoms with Crippen LogP contribution >= 0.6 is 0 Å². The molecule has 3 heterocycles. The van der Waals surface area contributed by atoms with E-state index in [1.807, 2.05) is 41.6 Å². The second-order valence-electron chi connectivity index (χ2n) is 6.99. The number of aromatic nitrogens is 2. The van der Waals surface area contributed by atoms with Crippen LogP contribution in [-0.4, -0.2) is 54.1 Å². The fourth-order valence-corrected chi connectivity index (χ4v) is 3.57. The molecule has 6 nitrogen and oxygen atoms in total. The summed E-state index contributed by atoms with van der Waals surface area (Å²) >= 11 is 0. The highest BCUT2D eigenvalue weighted by molar-refractivity contribution is 5.79. The number of hydrogen-bond acceptors (Lipinski definition) is 5. The van der Waals surface area contributed by atoms with Gasteiger partial charge in [-0.1, -0.05) is 18.2 Å². The molecule has 144 valence electrons. The molecule has 1 fully saturated rings. The Kier molecular flexibility index (Phi) is 5.37. The Morgan fingerprint density at radius 1 is 1.07 bits per heavy atom. The van der Waals surface area contributed by atoms with Crippen molar-refractivity contribution in [1.29, 1.82) is 0 Å². The fraction of sp³-hybridized carbons (Fsp3) is 0.318. The van der Waals surface area contributed by atoms with Gasteiger partial charge in [-0.15, -0.1) is 0 Å². The van der Waals surface area contributed by atoms with Crippen LogP contribution in [0.5, 0.6) is 5.75 Å². The maximum atomic E-state index is 12.6. The van der Waals surface area contributed by atoms with Gasteiger partial charge in [0.1, 0.15) is 5.75 Å². The van der Waals surface area contributed by atoms with E-state index in [4.69, 9.17) is 4.74 Å². The van der Waals surface area contributed by atoms with Crippen LogP contribution < -0.4 is 9.64 Å². The van der Waals surface area contributed by atoms with Crippen molar-refractivity contribution in [3.8, 4) is 5.75 Å². The zero-order chi connectivity index (χ0) is 19.3. The highest BCUT2D eigenvalue weighted by Crippen LogP contribution is 2.21. The minimum Gasteiger partial charge on any atom is -0.495 e. The second-order valence-corrected chi connectivity index (χ2v) is 6.99. The van der Waals surface area contributed by atoms with Crippen molar-refractivity contribution in [3.63, 3.8) is 0 Å². The molecule has 1 saturated heterocycles. The third kappa shape index (κ3) is 4.06. The number of methoxy groups -OCH3 is 1. The first-order chi connectivity index (χ1) is 13.7. The van der Waals surface area contributed by atoms with Gasteiger partial charge in [-0.05, 0) is 24.1 Å². The minimum absolute atomic E-state index is 0.205. The molecule has 1 amide bonds. The van der Waals surface area contributed by atoms with Crippen LogP contribution in [0.4, 0.5) is 5.69 Å². The normalized spacial score (nSPS) is 14.3. The first-order valence-corrected chi connectivity index (χ1v) is 9.58. The van der Waals surface area contributed by atoms with Crippen LogP contribution in [0, 0.1) is 0 Å². The molecule has 0 spiro atoms. The third-order valence-electron chi connectivity index (χ3n) is 5.21. The number of nitrogens with zero attached hydrogens (tertiary/aromatic N) is 4. The van der Waals surface area contributed by atoms with Crippen molar-refractivity contribution < 1.29 is 9.53 Å². The molecule has 0 aliphatic carbocycles. The van der Waals surface area contributed by atoms with Gasteiger partial charge in [-0.3, -0.25) is 14.8 Å². The maximum absolute atomic E-state index is 12.6. The predicted octanol–water partition coefficient (Wildman–Crippen LogP) is 2.92. The zero-order valence-corrected chi connectivity index (χ0v) is 16.0. The smallest absolute Gasteiger partial charge is 0.223 e. The summed E-state index contributed by atoms with van der Waals surface area (Å²) in [5, 5.41) is 1.12. The van der Waals surface area contributed by atoms with Crippen molar-refractivity contribution in [2.45, 2.75) is 12.8 Å². The van der Waals surface area contributed by atoms with Gasteiger partial charge in [-0.2, -0.15) is 0 Å². The number of carbonyl (C=O) groups excluding carboxylic acids is 1. The fourth-order valence-electron chi connectivity index (χ4n) is 3.57. The Labute approximate surface area is 164 Å². The van der Waals surface area contributed by atoms with Gasteiger partial charge in [0, 0.05) is 50.2 Å². The van der Waals surface area contributed by atoms with Crippen LogP contribution in [0.1, 0.15) is 12.0 Å². The van der Waals surface area contributed by atoms with Crippen molar-refractivity contribution in [3.05, 3.63) is 60.6 Å². The van der Waals surface area contributed by atoms with E-state index in [2.05, 4.69) is 27.0 Å². The Morgan fingerprint density at radius 2 is 1.89 bits per heavy atom. The molecule has 4 rings (SSSR count). The minimum atomic E-state index is 0.205. The zero-order valence-electron chi connectivity index (χ0n) is 16.0. The maximum Gasteiger partial charge on any atom is 0.223 e. The molecule has 1 aromatic carbocycles. The number of aryl methyl sites for hydroxylation is 1.